The number of para-hydroxylation sites is 1. The van der Waals surface area contributed by atoms with Crippen molar-refractivity contribution in [2.24, 2.45) is 0 Å². The van der Waals surface area contributed by atoms with Crippen LogP contribution in [0.5, 0.6) is 0 Å². The van der Waals surface area contributed by atoms with Gasteiger partial charge in [-0.25, -0.2) is 12.7 Å². The van der Waals surface area contributed by atoms with Crippen LogP contribution in [-0.2, 0) is 25.0 Å². The molecule has 2 aromatic rings. The fraction of sp³-hybridized carbons (Fsp3) is 0.280. The number of allylic oxidation sites excluding steroid dienone is 3. The van der Waals surface area contributed by atoms with E-state index < -0.39 is 45.4 Å². The number of likely N-dealkylation sites (N-methyl/N-ethyl adjacent to an activating group) is 1. The lowest BCUT2D eigenvalue weighted by molar-refractivity contribution is -0.207. The van der Waals surface area contributed by atoms with E-state index in [-0.39, 0.29) is 11.3 Å². The van der Waals surface area contributed by atoms with Gasteiger partial charge in [0.1, 0.15) is 6.17 Å². The second-order valence-electron chi connectivity index (χ2n) is 9.26. The summed E-state index contributed by atoms with van der Waals surface area (Å²) in [7, 11) is -3.01. The van der Waals surface area contributed by atoms with E-state index in [9.17, 15) is 28.2 Å². The molecule has 4 aliphatic rings. The Morgan fingerprint density at radius 3 is 2.40 bits per heavy atom. The van der Waals surface area contributed by atoms with Gasteiger partial charge in [-0.3, -0.25) is 14.5 Å². The highest BCUT2D eigenvalue weighted by molar-refractivity contribution is 7.92. The molecule has 2 fully saturated rings. The summed E-state index contributed by atoms with van der Waals surface area (Å²) in [5, 5.41) is 22.4. The Bertz CT molecular complexity index is 1440. The van der Waals surface area contributed by atoms with Crippen LogP contribution in [0.2, 0.25) is 0 Å². The lowest BCUT2D eigenvalue weighted by atomic mass is 9.71. The van der Waals surface area contributed by atoms with Crippen LogP contribution in [0.3, 0.4) is 0 Å². The fourth-order valence-corrected chi connectivity index (χ4v) is 7.71. The van der Waals surface area contributed by atoms with Gasteiger partial charge in [0.05, 0.1) is 16.0 Å². The predicted molar refractivity (Wildman–Crippen MR) is 125 cm³/mol. The smallest absolute Gasteiger partial charge is 0.278 e. The molecule has 0 aromatic heterocycles. The molecule has 0 saturated carbocycles. The van der Waals surface area contributed by atoms with Crippen LogP contribution in [-0.4, -0.2) is 65.4 Å². The normalized spacial score (nSPS) is 31.5. The molecule has 3 heterocycles. The van der Waals surface area contributed by atoms with Gasteiger partial charge in [-0.1, -0.05) is 54.6 Å². The third-order valence-electron chi connectivity index (χ3n) is 7.53. The summed E-state index contributed by atoms with van der Waals surface area (Å²) < 4.78 is 29.4. The molecule has 2 amide bonds. The Morgan fingerprint density at radius 1 is 1.03 bits per heavy atom. The van der Waals surface area contributed by atoms with E-state index in [1.54, 1.807) is 42.5 Å². The highest BCUT2D eigenvalue weighted by Crippen LogP contribution is 2.62. The molecule has 2 saturated heterocycles. The number of amides is 2. The van der Waals surface area contributed by atoms with E-state index in [1.165, 1.54) is 19.2 Å². The number of piperazine rings is 1. The lowest BCUT2D eigenvalue weighted by Crippen LogP contribution is -2.71. The average molecular weight is 494 g/mol. The minimum atomic E-state index is -4.25. The number of carbonyl (C=O) groups is 2. The third-order valence-corrected chi connectivity index (χ3v) is 9.31. The Labute approximate surface area is 202 Å². The molecule has 10 heteroatoms. The molecular formula is C25H23N3O6S. The van der Waals surface area contributed by atoms with Gasteiger partial charge in [0.25, 0.3) is 21.8 Å². The number of hydrogen-bond acceptors (Lipinski definition) is 6. The molecular weight excluding hydrogens is 470 g/mol. The van der Waals surface area contributed by atoms with Crippen molar-refractivity contribution in [2.75, 3.05) is 11.4 Å². The molecule has 35 heavy (non-hydrogen) atoms. The Balaban J connectivity index is 1.69. The summed E-state index contributed by atoms with van der Waals surface area (Å²) in [6, 6.07) is 14.7. The molecule has 4 atom stereocenters. The zero-order chi connectivity index (χ0) is 24.8. The summed E-state index contributed by atoms with van der Waals surface area (Å²) in [6.07, 6.45) is 2.86. The van der Waals surface area contributed by atoms with Gasteiger partial charge in [-0.2, -0.15) is 0 Å². The van der Waals surface area contributed by atoms with Gasteiger partial charge in [0.15, 0.2) is 0 Å². The van der Waals surface area contributed by atoms with E-state index in [2.05, 4.69) is 0 Å². The van der Waals surface area contributed by atoms with Crippen molar-refractivity contribution in [3.63, 3.8) is 0 Å². The van der Waals surface area contributed by atoms with Gasteiger partial charge in [0, 0.05) is 13.5 Å². The van der Waals surface area contributed by atoms with Gasteiger partial charge in [-0.05, 0) is 35.8 Å². The molecule has 0 radical (unpaired) electrons. The van der Waals surface area contributed by atoms with Crippen molar-refractivity contribution in [3.05, 3.63) is 84.0 Å². The number of rotatable bonds is 3. The second-order valence-corrected chi connectivity index (χ2v) is 11.1. The van der Waals surface area contributed by atoms with Crippen molar-refractivity contribution in [1.29, 1.82) is 0 Å². The number of sulfonamides is 1. The summed E-state index contributed by atoms with van der Waals surface area (Å²) in [5.74, 6) is -1.80. The number of aliphatic hydroxyl groups excluding tert-OH is 1. The molecule has 0 bridgehead atoms. The van der Waals surface area contributed by atoms with Crippen LogP contribution in [0.1, 0.15) is 18.4 Å². The van der Waals surface area contributed by atoms with Gasteiger partial charge >= 0.3 is 0 Å². The van der Waals surface area contributed by atoms with Crippen molar-refractivity contribution in [3.8, 4) is 0 Å². The Kier molecular flexibility index (Phi) is 4.42. The number of aliphatic hydroxyl groups is 2. The van der Waals surface area contributed by atoms with E-state index in [1.807, 2.05) is 18.2 Å². The highest BCUT2D eigenvalue weighted by Gasteiger charge is 2.74. The molecule has 6 rings (SSSR count). The van der Waals surface area contributed by atoms with Gasteiger partial charge < -0.3 is 15.1 Å². The lowest BCUT2D eigenvalue weighted by Gasteiger charge is -2.46. The van der Waals surface area contributed by atoms with E-state index >= 15 is 0 Å². The topological polar surface area (TPSA) is 118 Å². The zero-order valence-electron chi connectivity index (χ0n) is 18.8. The average Bonchev–Trinajstić information content (AvgIpc) is 3.55. The van der Waals surface area contributed by atoms with Crippen LogP contribution in [0.15, 0.2) is 83.3 Å². The van der Waals surface area contributed by atoms with Crippen LogP contribution in [0.25, 0.3) is 0 Å². The minimum absolute atomic E-state index is 0.00504. The molecule has 0 spiro atoms. The van der Waals surface area contributed by atoms with Crippen molar-refractivity contribution in [2.45, 2.75) is 41.3 Å². The number of hydrogen-bond donors (Lipinski definition) is 2. The maximum atomic E-state index is 14.1. The summed E-state index contributed by atoms with van der Waals surface area (Å²) in [4.78, 5) is 28.5. The first-order valence-electron chi connectivity index (χ1n) is 11.2. The maximum absolute atomic E-state index is 14.1. The van der Waals surface area contributed by atoms with Gasteiger partial charge in [-0.15, -0.1) is 0 Å². The van der Waals surface area contributed by atoms with Crippen LogP contribution < -0.4 is 4.31 Å². The molecule has 9 nitrogen and oxygen atoms in total. The van der Waals surface area contributed by atoms with Crippen molar-refractivity contribution in [1.82, 2.24) is 9.80 Å². The number of carbonyl (C=O) groups excluding carboxylic acids is 2. The van der Waals surface area contributed by atoms with Crippen LogP contribution in [0.4, 0.5) is 5.69 Å². The number of anilines is 1. The summed E-state index contributed by atoms with van der Waals surface area (Å²) in [6.45, 7) is 0. The molecule has 1 aliphatic carbocycles. The summed E-state index contributed by atoms with van der Waals surface area (Å²) in [5.41, 5.74) is -1.91. The second kappa shape index (κ2) is 7.03. The first-order valence-corrected chi connectivity index (χ1v) is 12.7. The SMILES string of the molecule is CN1C(=O)[C@]2(O)C[C@]3(C4=CCC=C4)c4ccccc4N(S(=O)(=O)c4ccccc4)[C@@H]3N2C(=O)[C@H]1O. The first-order chi connectivity index (χ1) is 16.7. The maximum Gasteiger partial charge on any atom is 0.278 e. The van der Waals surface area contributed by atoms with E-state index in [0.29, 0.717) is 23.2 Å². The minimum Gasteiger partial charge on any atom is -0.365 e. The largest absolute Gasteiger partial charge is 0.365 e. The van der Waals surface area contributed by atoms with Gasteiger partial charge in [0.2, 0.25) is 12.0 Å². The summed E-state index contributed by atoms with van der Waals surface area (Å²) >= 11 is 0. The van der Waals surface area contributed by atoms with E-state index in [4.69, 9.17) is 0 Å². The fourth-order valence-electron chi connectivity index (χ4n) is 6.03. The highest BCUT2D eigenvalue weighted by atomic mass is 32.2. The monoisotopic (exact) mass is 493 g/mol. The van der Waals surface area contributed by atoms with E-state index in [0.717, 1.165) is 14.1 Å². The number of nitrogens with zero attached hydrogens (tertiary/aromatic N) is 3. The third kappa shape index (κ3) is 2.56. The number of fused-ring (bicyclic) bond motifs is 5. The Hall–Kier alpha value is -3.47. The van der Waals surface area contributed by atoms with Crippen molar-refractivity contribution < 1.29 is 28.2 Å². The standard InChI is InChI=1S/C25H23N3O6S/c1-26-20(29)21(30)27-22-24(16-9-5-6-10-16,15-25(27,32)23(26)31)18-13-7-8-14-19(18)28(22)35(33,34)17-11-3-2-4-12-17/h2-5,7-14,20,22,29,32H,6,15H2,1H3/t20-,22+,24+,25-/m1/s1. The zero-order valence-corrected chi connectivity index (χ0v) is 19.6. The van der Waals surface area contributed by atoms with Crippen LogP contribution in [0, 0.1) is 0 Å². The number of benzene rings is 2. The Morgan fingerprint density at radius 2 is 1.71 bits per heavy atom. The molecule has 0 unspecified atom stereocenters. The van der Waals surface area contributed by atoms with Crippen LogP contribution >= 0.6 is 0 Å². The molecule has 180 valence electrons. The van der Waals surface area contributed by atoms with Crippen molar-refractivity contribution >= 4 is 27.5 Å². The molecule has 2 aromatic carbocycles. The first kappa shape index (κ1) is 22.0. The molecule has 2 N–H and O–H groups in total. The predicted octanol–water partition coefficient (Wildman–Crippen LogP) is 1.06. The molecule has 3 aliphatic heterocycles. The quantitative estimate of drug-likeness (QED) is 0.660.